The van der Waals surface area contributed by atoms with Crippen molar-refractivity contribution in [1.82, 2.24) is 14.7 Å². The number of carbonyl (C=O) groups is 1. The Kier molecular flexibility index (Phi) is 3.35. The minimum Gasteiger partial charge on any atom is -0.390 e. The molecule has 1 saturated heterocycles. The molecule has 5 nitrogen and oxygen atoms in total. The summed E-state index contributed by atoms with van der Waals surface area (Å²) in [6, 6.07) is 1.99. The molecule has 0 aromatic carbocycles. The zero-order chi connectivity index (χ0) is 15.3. The number of likely N-dealkylation sites (tertiary alicyclic amines) is 1. The van der Waals surface area contributed by atoms with Gasteiger partial charge in [0.05, 0.1) is 11.3 Å². The monoisotopic (exact) mass is 291 g/mol. The van der Waals surface area contributed by atoms with Gasteiger partial charge in [0.1, 0.15) is 6.54 Å². The topological polar surface area (TPSA) is 58.4 Å². The van der Waals surface area contributed by atoms with Gasteiger partial charge < -0.3 is 10.0 Å². The number of carbonyl (C=O) groups excluding carboxylic acids is 1. The molecule has 0 bridgehead atoms. The molecular formula is C16H25N3O2. The first-order chi connectivity index (χ1) is 9.83. The second-order valence-corrected chi connectivity index (χ2v) is 7.02. The Bertz CT molecular complexity index is 554. The molecule has 3 rings (SSSR count). The van der Waals surface area contributed by atoms with E-state index in [4.69, 9.17) is 0 Å². The van der Waals surface area contributed by atoms with E-state index in [1.807, 2.05) is 31.7 Å². The molecule has 1 saturated carbocycles. The fourth-order valence-electron chi connectivity index (χ4n) is 3.88. The van der Waals surface area contributed by atoms with Gasteiger partial charge >= 0.3 is 0 Å². The number of aliphatic hydroxyl groups is 1. The smallest absolute Gasteiger partial charge is 0.244 e. The number of hydrogen-bond donors (Lipinski definition) is 1. The molecule has 1 atom stereocenters. The van der Waals surface area contributed by atoms with Crippen LogP contribution < -0.4 is 0 Å². The summed E-state index contributed by atoms with van der Waals surface area (Å²) in [6.07, 6.45) is 3.83. The molecular weight excluding hydrogens is 266 g/mol. The molecule has 1 N–H and O–H groups in total. The highest BCUT2D eigenvalue weighted by atomic mass is 16.3. The fraction of sp³-hybridized carbons (Fsp3) is 0.750. The van der Waals surface area contributed by atoms with Crippen molar-refractivity contribution in [3.63, 3.8) is 0 Å². The molecule has 21 heavy (non-hydrogen) atoms. The summed E-state index contributed by atoms with van der Waals surface area (Å²) in [7, 11) is 0. The van der Waals surface area contributed by atoms with Crippen molar-refractivity contribution in [2.75, 3.05) is 13.1 Å². The normalized spacial score (nSPS) is 27.7. The van der Waals surface area contributed by atoms with Gasteiger partial charge in [-0.05, 0) is 52.5 Å². The van der Waals surface area contributed by atoms with Crippen LogP contribution in [0.4, 0.5) is 0 Å². The third-order valence-corrected chi connectivity index (χ3v) is 5.69. The first-order valence-electron chi connectivity index (χ1n) is 7.84. The lowest BCUT2D eigenvalue weighted by Gasteiger charge is -2.58. The lowest BCUT2D eigenvalue weighted by molar-refractivity contribution is -0.180. The van der Waals surface area contributed by atoms with Gasteiger partial charge in [-0.1, -0.05) is 0 Å². The van der Waals surface area contributed by atoms with Crippen LogP contribution in [0.15, 0.2) is 6.07 Å². The summed E-state index contributed by atoms with van der Waals surface area (Å²) < 4.78 is 1.78. The first-order valence-corrected chi connectivity index (χ1v) is 7.84. The molecule has 1 amide bonds. The molecule has 1 aliphatic carbocycles. The van der Waals surface area contributed by atoms with Crippen LogP contribution in [-0.4, -0.2) is 44.4 Å². The largest absolute Gasteiger partial charge is 0.390 e. The van der Waals surface area contributed by atoms with Crippen LogP contribution in [0.5, 0.6) is 0 Å². The summed E-state index contributed by atoms with van der Waals surface area (Å²) >= 11 is 0. The van der Waals surface area contributed by atoms with Crippen LogP contribution in [0.1, 0.15) is 44.0 Å². The summed E-state index contributed by atoms with van der Waals surface area (Å²) in [6.45, 7) is 7.71. The van der Waals surface area contributed by atoms with Gasteiger partial charge in [0.25, 0.3) is 0 Å². The quantitative estimate of drug-likeness (QED) is 0.901. The van der Waals surface area contributed by atoms with Crippen LogP contribution >= 0.6 is 0 Å². The second kappa shape index (κ2) is 4.83. The van der Waals surface area contributed by atoms with E-state index in [-0.39, 0.29) is 11.3 Å². The molecule has 116 valence electrons. The number of aryl methyl sites for hydroxylation is 2. The standard InChI is InChI=1S/C16H25N3O2/c1-12-10-13(2)19(17-12)11-14(20)18-8-6-16(7-9-18)5-4-15(16,3)21/h10,21H,4-9,11H2,1-3H3. The summed E-state index contributed by atoms with van der Waals surface area (Å²) in [5, 5.41) is 14.7. The Morgan fingerprint density at radius 3 is 2.38 bits per heavy atom. The van der Waals surface area contributed by atoms with Gasteiger partial charge in [-0.3, -0.25) is 9.48 Å². The third kappa shape index (κ3) is 2.37. The molecule has 1 aromatic rings. The number of rotatable bonds is 2. The number of nitrogens with zero attached hydrogens (tertiary/aromatic N) is 3. The van der Waals surface area contributed by atoms with Crippen molar-refractivity contribution >= 4 is 5.91 Å². The predicted octanol–water partition coefficient (Wildman–Crippen LogP) is 1.65. The fourth-order valence-corrected chi connectivity index (χ4v) is 3.88. The van der Waals surface area contributed by atoms with E-state index in [2.05, 4.69) is 5.10 Å². The second-order valence-electron chi connectivity index (χ2n) is 7.02. The van der Waals surface area contributed by atoms with Crippen LogP contribution in [-0.2, 0) is 11.3 Å². The van der Waals surface area contributed by atoms with Gasteiger partial charge in [-0.2, -0.15) is 5.10 Å². The third-order valence-electron chi connectivity index (χ3n) is 5.69. The number of amides is 1. The highest BCUT2D eigenvalue weighted by Gasteiger charge is 2.55. The summed E-state index contributed by atoms with van der Waals surface area (Å²) in [5.41, 5.74) is 1.50. The molecule has 1 unspecified atom stereocenters. The van der Waals surface area contributed by atoms with Crippen molar-refractivity contribution in [2.45, 2.75) is 58.6 Å². The minimum absolute atomic E-state index is 0.0575. The van der Waals surface area contributed by atoms with E-state index in [0.717, 1.165) is 50.2 Å². The molecule has 1 aliphatic heterocycles. The number of piperidine rings is 1. The Balaban J connectivity index is 1.60. The van der Waals surface area contributed by atoms with Crippen molar-refractivity contribution in [1.29, 1.82) is 0 Å². The maximum absolute atomic E-state index is 12.4. The van der Waals surface area contributed by atoms with E-state index >= 15 is 0 Å². The van der Waals surface area contributed by atoms with E-state index in [9.17, 15) is 9.90 Å². The molecule has 1 spiro atoms. The van der Waals surface area contributed by atoms with E-state index in [1.165, 1.54) is 0 Å². The van der Waals surface area contributed by atoms with Gasteiger partial charge in [0.2, 0.25) is 5.91 Å². The number of aromatic nitrogens is 2. The average Bonchev–Trinajstić information content (AvgIpc) is 2.75. The van der Waals surface area contributed by atoms with Gasteiger partial charge in [0, 0.05) is 24.2 Å². The van der Waals surface area contributed by atoms with Gasteiger partial charge in [-0.25, -0.2) is 0 Å². The maximum atomic E-state index is 12.4. The maximum Gasteiger partial charge on any atom is 0.244 e. The van der Waals surface area contributed by atoms with Crippen molar-refractivity contribution in [2.24, 2.45) is 5.41 Å². The molecule has 1 aromatic heterocycles. The van der Waals surface area contributed by atoms with Gasteiger partial charge in [-0.15, -0.1) is 0 Å². The zero-order valence-electron chi connectivity index (χ0n) is 13.2. The van der Waals surface area contributed by atoms with Crippen molar-refractivity contribution in [3.8, 4) is 0 Å². The first kappa shape index (κ1) is 14.6. The van der Waals surface area contributed by atoms with Crippen LogP contribution in [0.3, 0.4) is 0 Å². The Morgan fingerprint density at radius 1 is 1.29 bits per heavy atom. The molecule has 5 heteroatoms. The Hall–Kier alpha value is -1.36. The lowest BCUT2D eigenvalue weighted by atomic mass is 9.53. The Morgan fingerprint density at radius 2 is 1.95 bits per heavy atom. The van der Waals surface area contributed by atoms with Crippen LogP contribution in [0.2, 0.25) is 0 Å². The average molecular weight is 291 g/mol. The highest BCUT2D eigenvalue weighted by molar-refractivity contribution is 5.76. The van der Waals surface area contributed by atoms with E-state index in [0.29, 0.717) is 6.54 Å². The Labute approximate surface area is 125 Å². The highest BCUT2D eigenvalue weighted by Crippen LogP contribution is 2.56. The van der Waals surface area contributed by atoms with E-state index < -0.39 is 5.60 Å². The predicted molar refractivity (Wildman–Crippen MR) is 79.8 cm³/mol. The molecule has 2 fully saturated rings. The van der Waals surface area contributed by atoms with Crippen molar-refractivity contribution in [3.05, 3.63) is 17.5 Å². The minimum atomic E-state index is -0.530. The lowest BCUT2D eigenvalue weighted by Crippen LogP contribution is -2.60. The van der Waals surface area contributed by atoms with E-state index in [1.54, 1.807) is 4.68 Å². The molecule has 2 aliphatic rings. The van der Waals surface area contributed by atoms with Crippen LogP contribution in [0, 0.1) is 19.3 Å². The van der Waals surface area contributed by atoms with Gasteiger partial charge in [0.15, 0.2) is 0 Å². The summed E-state index contributed by atoms with van der Waals surface area (Å²) in [5.74, 6) is 0.134. The van der Waals surface area contributed by atoms with Crippen molar-refractivity contribution < 1.29 is 9.90 Å². The zero-order valence-corrected chi connectivity index (χ0v) is 13.2. The molecule has 0 radical (unpaired) electrons. The summed E-state index contributed by atoms with van der Waals surface area (Å²) in [4.78, 5) is 14.3. The SMILES string of the molecule is Cc1cc(C)n(CC(=O)N2CCC3(CC2)CCC3(C)O)n1. The number of hydrogen-bond acceptors (Lipinski definition) is 3. The molecule has 2 heterocycles. The van der Waals surface area contributed by atoms with Crippen LogP contribution in [0.25, 0.3) is 0 Å².